The van der Waals surface area contributed by atoms with Crippen LogP contribution in [0.15, 0.2) is 24.3 Å². The minimum Gasteiger partial charge on any atom is -0.378 e. The number of hydrogen-bond donors (Lipinski definition) is 0. The van der Waals surface area contributed by atoms with Crippen molar-refractivity contribution < 1.29 is 18.7 Å². The van der Waals surface area contributed by atoms with E-state index in [-0.39, 0.29) is 35.5 Å². The average Bonchev–Trinajstić information content (AvgIpc) is 3.13. The van der Waals surface area contributed by atoms with Gasteiger partial charge in [0, 0.05) is 19.6 Å². The fourth-order valence-electron chi connectivity index (χ4n) is 3.94. The molecular formula is C20H27FN2O3. The van der Waals surface area contributed by atoms with E-state index < -0.39 is 0 Å². The highest BCUT2D eigenvalue weighted by molar-refractivity contribution is 5.91. The standard InChI is InChI=1S/C20H27FN2O3/c1-14(2)18(15-5-7-16(21)8-6-15)20(25)23-9-3-4-17(23)19(24)22-10-12-26-13-11-22/h5-8,14,17-18H,3-4,9-13H2,1-2H3/t17-,18?/m1/s1. The zero-order valence-corrected chi connectivity index (χ0v) is 15.5. The highest BCUT2D eigenvalue weighted by Crippen LogP contribution is 2.31. The molecule has 1 aromatic rings. The van der Waals surface area contributed by atoms with E-state index in [0.717, 1.165) is 12.0 Å². The minimum absolute atomic E-state index is 0.0285. The predicted octanol–water partition coefficient (Wildman–Crippen LogP) is 2.42. The molecule has 0 bridgehead atoms. The summed E-state index contributed by atoms with van der Waals surface area (Å²) in [4.78, 5) is 29.8. The highest BCUT2D eigenvalue weighted by Gasteiger charge is 2.40. The summed E-state index contributed by atoms with van der Waals surface area (Å²) in [7, 11) is 0. The zero-order chi connectivity index (χ0) is 18.7. The zero-order valence-electron chi connectivity index (χ0n) is 15.5. The van der Waals surface area contributed by atoms with Gasteiger partial charge in [-0.2, -0.15) is 0 Å². The lowest BCUT2D eigenvalue weighted by atomic mass is 9.87. The van der Waals surface area contributed by atoms with Crippen molar-refractivity contribution in [2.45, 2.75) is 38.6 Å². The van der Waals surface area contributed by atoms with Gasteiger partial charge < -0.3 is 14.5 Å². The second-order valence-corrected chi connectivity index (χ2v) is 7.40. The van der Waals surface area contributed by atoms with Crippen LogP contribution in [0.25, 0.3) is 0 Å². The number of carbonyl (C=O) groups excluding carboxylic acids is 2. The number of morpholine rings is 1. The second kappa shape index (κ2) is 8.16. The molecule has 2 saturated heterocycles. The number of nitrogens with zero attached hydrogens (tertiary/aromatic N) is 2. The summed E-state index contributed by atoms with van der Waals surface area (Å²) >= 11 is 0. The van der Waals surface area contributed by atoms with Gasteiger partial charge in [0.15, 0.2) is 0 Å². The molecule has 3 rings (SSSR count). The predicted molar refractivity (Wildman–Crippen MR) is 96.1 cm³/mol. The number of ether oxygens (including phenoxy) is 1. The molecule has 0 saturated carbocycles. The van der Waals surface area contributed by atoms with Crippen LogP contribution in [0.4, 0.5) is 4.39 Å². The fourth-order valence-corrected chi connectivity index (χ4v) is 3.94. The number of carbonyl (C=O) groups is 2. The van der Waals surface area contributed by atoms with Crippen molar-refractivity contribution in [1.82, 2.24) is 9.80 Å². The molecule has 2 aliphatic heterocycles. The number of amides is 2. The van der Waals surface area contributed by atoms with E-state index in [0.29, 0.717) is 39.3 Å². The van der Waals surface area contributed by atoms with Crippen molar-refractivity contribution in [3.8, 4) is 0 Å². The van der Waals surface area contributed by atoms with Crippen LogP contribution in [0.1, 0.15) is 38.2 Å². The molecule has 6 heteroatoms. The van der Waals surface area contributed by atoms with Gasteiger partial charge in [0.25, 0.3) is 0 Å². The maximum Gasteiger partial charge on any atom is 0.245 e. The largest absolute Gasteiger partial charge is 0.378 e. The van der Waals surface area contributed by atoms with Crippen molar-refractivity contribution in [3.05, 3.63) is 35.6 Å². The first-order valence-corrected chi connectivity index (χ1v) is 9.41. The van der Waals surface area contributed by atoms with E-state index >= 15 is 0 Å². The molecule has 0 radical (unpaired) electrons. The molecule has 142 valence electrons. The third-order valence-electron chi connectivity index (χ3n) is 5.31. The number of hydrogen-bond acceptors (Lipinski definition) is 3. The topological polar surface area (TPSA) is 49.9 Å². The van der Waals surface area contributed by atoms with Gasteiger partial charge in [-0.05, 0) is 36.5 Å². The summed E-state index contributed by atoms with van der Waals surface area (Å²) in [6.07, 6.45) is 1.54. The Morgan fingerprint density at radius 1 is 1.12 bits per heavy atom. The Kier molecular flexibility index (Phi) is 5.91. The molecule has 2 amide bonds. The van der Waals surface area contributed by atoms with Gasteiger partial charge in [-0.1, -0.05) is 26.0 Å². The molecule has 2 aliphatic rings. The molecule has 2 heterocycles. The number of likely N-dealkylation sites (tertiary alicyclic amines) is 1. The van der Waals surface area contributed by atoms with E-state index in [9.17, 15) is 14.0 Å². The quantitative estimate of drug-likeness (QED) is 0.827. The maximum atomic E-state index is 13.3. The van der Waals surface area contributed by atoms with Crippen molar-refractivity contribution >= 4 is 11.8 Å². The van der Waals surface area contributed by atoms with Gasteiger partial charge >= 0.3 is 0 Å². The Hall–Kier alpha value is -1.95. The Labute approximate surface area is 154 Å². The van der Waals surface area contributed by atoms with Crippen LogP contribution in [0.3, 0.4) is 0 Å². The lowest BCUT2D eigenvalue weighted by Gasteiger charge is -2.34. The summed E-state index contributed by atoms with van der Waals surface area (Å²) in [6, 6.07) is 5.73. The molecule has 0 spiro atoms. The first-order valence-electron chi connectivity index (χ1n) is 9.41. The van der Waals surface area contributed by atoms with Gasteiger partial charge in [0.2, 0.25) is 11.8 Å². The number of halogens is 1. The molecule has 2 fully saturated rings. The van der Waals surface area contributed by atoms with E-state index in [2.05, 4.69) is 0 Å². The molecule has 0 aliphatic carbocycles. The van der Waals surface area contributed by atoms with Gasteiger partial charge in [-0.15, -0.1) is 0 Å². The summed E-state index contributed by atoms with van der Waals surface area (Å²) < 4.78 is 18.6. The Balaban J connectivity index is 1.79. The fraction of sp³-hybridized carbons (Fsp3) is 0.600. The molecule has 26 heavy (non-hydrogen) atoms. The Morgan fingerprint density at radius 3 is 2.38 bits per heavy atom. The molecular weight excluding hydrogens is 335 g/mol. The average molecular weight is 362 g/mol. The van der Waals surface area contributed by atoms with Crippen molar-refractivity contribution in [1.29, 1.82) is 0 Å². The first-order chi connectivity index (χ1) is 12.5. The maximum absolute atomic E-state index is 13.3. The van der Waals surface area contributed by atoms with Crippen molar-refractivity contribution in [2.24, 2.45) is 5.92 Å². The first kappa shape index (κ1) is 18.8. The van der Waals surface area contributed by atoms with Crippen molar-refractivity contribution in [3.63, 3.8) is 0 Å². The molecule has 0 N–H and O–H groups in total. The van der Waals surface area contributed by atoms with E-state index in [1.807, 2.05) is 18.7 Å². The second-order valence-electron chi connectivity index (χ2n) is 7.40. The number of benzene rings is 1. The van der Waals surface area contributed by atoms with Gasteiger partial charge in [-0.25, -0.2) is 4.39 Å². The summed E-state index contributed by atoms with van der Waals surface area (Å²) in [5.74, 6) is -0.622. The van der Waals surface area contributed by atoms with Crippen LogP contribution in [0.2, 0.25) is 0 Å². The van der Waals surface area contributed by atoms with Crippen molar-refractivity contribution in [2.75, 3.05) is 32.8 Å². The summed E-state index contributed by atoms with van der Waals surface area (Å²) in [6.45, 7) is 6.85. The molecule has 0 aromatic heterocycles. The third-order valence-corrected chi connectivity index (χ3v) is 5.31. The Bertz CT molecular complexity index is 641. The van der Waals surface area contributed by atoms with E-state index in [4.69, 9.17) is 4.74 Å². The van der Waals surface area contributed by atoms with Crippen LogP contribution in [-0.4, -0.2) is 60.5 Å². The van der Waals surface area contributed by atoms with Gasteiger partial charge in [-0.3, -0.25) is 9.59 Å². The van der Waals surface area contributed by atoms with Crippen LogP contribution in [0, 0.1) is 11.7 Å². The highest BCUT2D eigenvalue weighted by atomic mass is 19.1. The molecule has 1 unspecified atom stereocenters. The summed E-state index contributed by atoms with van der Waals surface area (Å²) in [5, 5.41) is 0. The smallest absolute Gasteiger partial charge is 0.245 e. The van der Waals surface area contributed by atoms with Crippen LogP contribution in [-0.2, 0) is 14.3 Å². The van der Waals surface area contributed by atoms with Gasteiger partial charge in [0.05, 0.1) is 19.1 Å². The summed E-state index contributed by atoms with van der Waals surface area (Å²) in [5.41, 5.74) is 0.802. The normalized spacial score (nSPS) is 21.9. The van der Waals surface area contributed by atoms with Crippen LogP contribution >= 0.6 is 0 Å². The lowest BCUT2D eigenvalue weighted by Crippen LogP contribution is -2.52. The lowest BCUT2D eigenvalue weighted by molar-refractivity contribution is -0.147. The third kappa shape index (κ3) is 3.90. The monoisotopic (exact) mass is 362 g/mol. The minimum atomic E-state index is -0.387. The van der Waals surface area contributed by atoms with Gasteiger partial charge in [0.1, 0.15) is 11.9 Å². The van der Waals surface area contributed by atoms with Crippen LogP contribution < -0.4 is 0 Å². The number of rotatable bonds is 4. The van der Waals surface area contributed by atoms with E-state index in [1.165, 1.54) is 12.1 Å². The molecule has 2 atom stereocenters. The molecule has 1 aromatic carbocycles. The SMILES string of the molecule is CC(C)C(C(=O)N1CCC[C@@H]1C(=O)N1CCOCC1)c1ccc(F)cc1. The molecule has 5 nitrogen and oxygen atoms in total. The van der Waals surface area contributed by atoms with Crippen LogP contribution in [0.5, 0.6) is 0 Å². The Morgan fingerprint density at radius 2 is 1.77 bits per heavy atom. The van der Waals surface area contributed by atoms with E-state index in [1.54, 1.807) is 17.0 Å².